The molecule has 0 spiro atoms. The Bertz CT molecular complexity index is 1480. The number of carbonyl (C=O) groups is 3. The molecule has 2 aromatic carbocycles. The molecule has 1 saturated heterocycles. The van der Waals surface area contributed by atoms with E-state index in [2.05, 4.69) is 4.98 Å². The molecule has 1 atom stereocenters. The fourth-order valence-electron chi connectivity index (χ4n) is 4.11. The number of aromatic nitrogens is 1. The Morgan fingerprint density at radius 3 is 2.56 bits per heavy atom. The first kappa shape index (κ1) is 27.5. The standard InChI is InChI=1S/C27H25N3O8S/c1-4-5-13-38-19-8-6-7-17(14-19)22(31)20-21(16-9-11-18(12-10-16)30(35)36)29(25(33)23(20)32)27-28-15(2)24(39-27)26(34)37-3/h6-12,14,21,31H,4-5,13H2,1-3H3/b22-20+. The number of aryl methyl sites for hydroxylation is 1. The van der Waals surface area contributed by atoms with E-state index in [9.17, 15) is 29.6 Å². The van der Waals surface area contributed by atoms with E-state index < -0.39 is 34.4 Å². The van der Waals surface area contributed by atoms with Crippen LogP contribution in [0.2, 0.25) is 0 Å². The third kappa shape index (κ3) is 5.36. The topological polar surface area (TPSA) is 149 Å². The van der Waals surface area contributed by atoms with E-state index >= 15 is 0 Å². The minimum Gasteiger partial charge on any atom is -0.507 e. The number of benzene rings is 2. The number of aliphatic hydroxyl groups excluding tert-OH is 1. The number of carbonyl (C=O) groups excluding carboxylic acids is 3. The zero-order valence-corrected chi connectivity index (χ0v) is 22.2. The summed E-state index contributed by atoms with van der Waals surface area (Å²) in [5.74, 6) is -2.56. The minimum absolute atomic E-state index is 0.0362. The number of rotatable bonds is 9. The molecule has 0 saturated carbocycles. The summed E-state index contributed by atoms with van der Waals surface area (Å²) in [5, 5.41) is 22.6. The zero-order chi connectivity index (χ0) is 28.3. The first-order chi connectivity index (χ1) is 18.7. The smallest absolute Gasteiger partial charge is 0.350 e. The minimum atomic E-state index is -1.17. The molecule has 1 aliphatic heterocycles. The Kier molecular flexibility index (Phi) is 8.05. The Morgan fingerprint density at radius 2 is 1.92 bits per heavy atom. The first-order valence-electron chi connectivity index (χ1n) is 12.0. The van der Waals surface area contributed by atoms with Gasteiger partial charge >= 0.3 is 11.9 Å². The molecule has 0 radical (unpaired) electrons. The highest BCUT2D eigenvalue weighted by Gasteiger charge is 2.48. The fraction of sp³-hybridized carbons (Fsp3) is 0.259. The number of hydrogen-bond donors (Lipinski definition) is 1. The summed E-state index contributed by atoms with van der Waals surface area (Å²) in [6.07, 6.45) is 1.77. The van der Waals surface area contributed by atoms with Crippen molar-refractivity contribution in [3.8, 4) is 5.75 Å². The van der Waals surface area contributed by atoms with Crippen molar-refractivity contribution < 1.29 is 33.9 Å². The number of ether oxygens (including phenoxy) is 2. The maximum absolute atomic E-state index is 13.4. The Balaban J connectivity index is 1.87. The lowest BCUT2D eigenvalue weighted by Gasteiger charge is -2.23. The van der Waals surface area contributed by atoms with Gasteiger partial charge in [0.2, 0.25) is 0 Å². The summed E-state index contributed by atoms with van der Waals surface area (Å²) >= 11 is 0.860. The van der Waals surface area contributed by atoms with Gasteiger partial charge in [0.25, 0.3) is 11.5 Å². The van der Waals surface area contributed by atoms with Crippen molar-refractivity contribution in [1.29, 1.82) is 0 Å². The van der Waals surface area contributed by atoms with Crippen LogP contribution in [0.25, 0.3) is 5.76 Å². The Morgan fingerprint density at radius 1 is 1.21 bits per heavy atom. The summed E-state index contributed by atoms with van der Waals surface area (Å²) in [4.78, 5) is 55.1. The van der Waals surface area contributed by atoms with Gasteiger partial charge in [0.1, 0.15) is 16.4 Å². The molecule has 2 heterocycles. The number of unbranched alkanes of at least 4 members (excludes halogenated alkanes) is 1. The average molecular weight is 552 g/mol. The number of non-ortho nitro benzene ring substituents is 1. The third-order valence-corrected chi connectivity index (χ3v) is 7.24. The number of nitro groups is 1. The van der Waals surface area contributed by atoms with Gasteiger partial charge in [-0.05, 0) is 43.2 Å². The van der Waals surface area contributed by atoms with E-state index in [0.717, 1.165) is 29.1 Å². The fourth-order valence-corrected chi connectivity index (χ4v) is 5.13. The molecule has 39 heavy (non-hydrogen) atoms. The number of anilines is 1. The second kappa shape index (κ2) is 11.4. The van der Waals surface area contributed by atoms with Crippen LogP contribution in [-0.4, -0.2) is 46.4 Å². The molecular formula is C27H25N3O8S. The summed E-state index contributed by atoms with van der Waals surface area (Å²) in [7, 11) is 1.21. The summed E-state index contributed by atoms with van der Waals surface area (Å²) in [6, 6.07) is 10.6. The maximum atomic E-state index is 13.4. The predicted octanol–water partition coefficient (Wildman–Crippen LogP) is 4.95. The van der Waals surface area contributed by atoms with E-state index in [0.29, 0.717) is 23.6 Å². The molecule has 1 unspecified atom stereocenters. The van der Waals surface area contributed by atoms with Crippen LogP contribution in [0, 0.1) is 17.0 Å². The van der Waals surface area contributed by atoms with E-state index in [1.807, 2.05) is 6.92 Å². The van der Waals surface area contributed by atoms with Crippen LogP contribution in [0.5, 0.6) is 5.75 Å². The van der Waals surface area contributed by atoms with Gasteiger partial charge < -0.3 is 14.6 Å². The van der Waals surface area contributed by atoms with Crippen LogP contribution in [0.15, 0.2) is 54.1 Å². The van der Waals surface area contributed by atoms with Crippen molar-refractivity contribution >= 4 is 45.6 Å². The number of ketones is 1. The first-order valence-corrected chi connectivity index (χ1v) is 12.8. The van der Waals surface area contributed by atoms with Gasteiger partial charge in [-0.2, -0.15) is 0 Å². The van der Waals surface area contributed by atoms with E-state index in [1.54, 1.807) is 31.2 Å². The second-order valence-electron chi connectivity index (χ2n) is 8.65. The number of aliphatic hydroxyl groups is 1. The van der Waals surface area contributed by atoms with Gasteiger partial charge in [0, 0.05) is 17.7 Å². The second-order valence-corrected chi connectivity index (χ2v) is 9.63. The van der Waals surface area contributed by atoms with E-state index in [-0.39, 0.29) is 26.8 Å². The molecular weight excluding hydrogens is 526 g/mol. The van der Waals surface area contributed by atoms with Crippen LogP contribution >= 0.6 is 11.3 Å². The highest BCUT2D eigenvalue weighted by molar-refractivity contribution is 7.17. The Labute approximate surface area is 227 Å². The van der Waals surface area contributed by atoms with Gasteiger partial charge in [-0.25, -0.2) is 9.78 Å². The summed E-state index contributed by atoms with van der Waals surface area (Å²) < 4.78 is 10.5. The number of nitro benzene ring substituents is 1. The number of nitrogens with zero attached hydrogens (tertiary/aromatic N) is 3. The Hall–Kier alpha value is -4.58. The molecule has 1 fully saturated rings. The summed E-state index contributed by atoms with van der Waals surface area (Å²) in [6.45, 7) is 4.06. The molecule has 0 aliphatic carbocycles. The molecule has 4 rings (SSSR count). The van der Waals surface area contributed by atoms with Gasteiger partial charge in [-0.15, -0.1) is 0 Å². The van der Waals surface area contributed by atoms with Crippen molar-refractivity contribution in [3.63, 3.8) is 0 Å². The van der Waals surface area contributed by atoms with Gasteiger partial charge in [0.05, 0.1) is 35.9 Å². The third-order valence-electron chi connectivity index (χ3n) is 6.10. The maximum Gasteiger partial charge on any atom is 0.350 e. The van der Waals surface area contributed by atoms with Crippen molar-refractivity contribution in [1.82, 2.24) is 4.98 Å². The number of hydrogen-bond acceptors (Lipinski definition) is 10. The molecule has 11 nitrogen and oxygen atoms in total. The van der Waals surface area contributed by atoms with Crippen LogP contribution in [0.4, 0.5) is 10.8 Å². The molecule has 202 valence electrons. The zero-order valence-electron chi connectivity index (χ0n) is 21.4. The summed E-state index contributed by atoms with van der Waals surface area (Å²) in [5.41, 5.74) is 0.449. The molecule has 12 heteroatoms. The molecule has 1 amide bonds. The quantitative estimate of drug-likeness (QED) is 0.0741. The average Bonchev–Trinajstić information content (AvgIpc) is 3.44. The molecule has 1 N–H and O–H groups in total. The van der Waals surface area contributed by atoms with Crippen molar-refractivity contribution in [2.75, 3.05) is 18.6 Å². The largest absolute Gasteiger partial charge is 0.507 e. The van der Waals surface area contributed by atoms with Gasteiger partial charge in [0.15, 0.2) is 5.13 Å². The molecule has 1 aromatic heterocycles. The number of esters is 1. The van der Waals surface area contributed by atoms with Crippen molar-refractivity contribution in [2.24, 2.45) is 0 Å². The lowest BCUT2D eigenvalue weighted by molar-refractivity contribution is -0.384. The number of thiazole rings is 1. The van der Waals surface area contributed by atoms with E-state index in [4.69, 9.17) is 9.47 Å². The van der Waals surface area contributed by atoms with Crippen molar-refractivity contribution in [3.05, 3.63) is 85.9 Å². The highest BCUT2D eigenvalue weighted by Crippen LogP contribution is 2.44. The van der Waals surface area contributed by atoms with E-state index in [1.165, 1.54) is 31.4 Å². The number of amides is 1. The van der Waals surface area contributed by atoms with Crippen molar-refractivity contribution in [2.45, 2.75) is 32.7 Å². The SMILES string of the molecule is CCCCOc1cccc(/C(O)=C2\C(=O)C(=O)N(c3nc(C)c(C(=O)OC)s3)C2c2ccc([N+](=O)[O-])cc2)c1. The normalized spacial score (nSPS) is 16.4. The van der Waals surface area contributed by atoms with Gasteiger partial charge in [-0.3, -0.25) is 24.6 Å². The molecule has 3 aromatic rings. The van der Waals surface area contributed by atoms with Crippen LogP contribution in [0.3, 0.4) is 0 Å². The predicted molar refractivity (Wildman–Crippen MR) is 143 cm³/mol. The number of Topliss-reactive ketones (excluding diaryl/α,β-unsaturated/α-hetero) is 1. The molecule has 0 bridgehead atoms. The highest BCUT2D eigenvalue weighted by atomic mass is 32.1. The lowest BCUT2D eigenvalue weighted by atomic mass is 9.95. The van der Waals surface area contributed by atoms with Gasteiger partial charge in [-0.1, -0.05) is 36.8 Å². The lowest BCUT2D eigenvalue weighted by Crippen LogP contribution is -2.29. The number of methoxy groups -OCH3 is 1. The van der Waals surface area contributed by atoms with Crippen LogP contribution < -0.4 is 9.64 Å². The van der Waals surface area contributed by atoms with Crippen LogP contribution in [0.1, 0.15) is 52.3 Å². The molecule has 1 aliphatic rings. The monoisotopic (exact) mass is 551 g/mol. The van der Waals surface area contributed by atoms with Crippen LogP contribution in [-0.2, 0) is 14.3 Å².